The summed E-state index contributed by atoms with van der Waals surface area (Å²) in [5, 5.41) is 0. The number of hydrogen-bond donors (Lipinski definition) is 1. The van der Waals surface area contributed by atoms with Crippen LogP contribution in [-0.4, -0.2) is 12.6 Å². The quantitative estimate of drug-likeness (QED) is 0.821. The average Bonchev–Trinajstić information content (AvgIpc) is 2.90. The second-order valence-corrected chi connectivity index (χ2v) is 6.96. The van der Waals surface area contributed by atoms with Gasteiger partial charge in [0, 0.05) is 10.5 Å². The molecule has 2 rings (SSSR count). The van der Waals surface area contributed by atoms with E-state index in [1.165, 1.54) is 36.8 Å². The highest BCUT2D eigenvalue weighted by atomic mass is 79.9. The molecule has 0 heterocycles. The molecule has 3 heteroatoms. The Balaban J connectivity index is 2.11. The minimum Gasteiger partial charge on any atom is -0.493 e. The van der Waals surface area contributed by atoms with Crippen molar-refractivity contribution in [3.63, 3.8) is 0 Å². The molecule has 1 aromatic rings. The maximum Gasteiger partial charge on any atom is 0.125 e. The van der Waals surface area contributed by atoms with Gasteiger partial charge < -0.3 is 10.5 Å². The normalized spacial score (nSPS) is 17.4. The molecule has 1 saturated carbocycles. The highest BCUT2D eigenvalue weighted by Crippen LogP contribution is 2.31. The number of halogens is 1. The van der Waals surface area contributed by atoms with Crippen molar-refractivity contribution in [1.82, 2.24) is 0 Å². The first-order valence-corrected chi connectivity index (χ1v) is 8.56. The molecule has 0 bridgehead atoms. The molecular weight excluding hydrogens is 314 g/mol. The van der Waals surface area contributed by atoms with Crippen molar-refractivity contribution in [2.24, 2.45) is 11.7 Å². The van der Waals surface area contributed by atoms with Crippen molar-refractivity contribution >= 4 is 15.9 Å². The number of benzene rings is 1. The third-order valence-electron chi connectivity index (χ3n) is 4.26. The van der Waals surface area contributed by atoms with E-state index in [1.54, 1.807) is 0 Å². The van der Waals surface area contributed by atoms with Gasteiger partial charge in [0.05, 0.1) is 6.61 Å². The topological polar surface area (TPSA) is 35.2 Å². The van der Waals surface area contributed by atoms with E-state index in [1.807, 2.05) is 0 Å². The van der Waals surface area contributed by atoms with Crippen LogP contribution in [0.15, 0.2) is 16.6 Å². The highest BCUT2D eigenvalue weighted by Gasteiger charge is 2.18. The summed E-state index contributed by atoms with van der Waals surface area (Å²) in [5.74, 6) is 1.80. The predicted octanol–water partition coefficient (Wildman–Crippen LogP) is 4.61. The Morgan fingerprint density at radius 3 is 2.70 bits per heavy atom. The summed E-state index contributed by atoms with van der Waals surface area (Å²) in [6.45, 7) is 5.11. The van der Waals surface area contributed by atoms with E-state index in [2.05, 4.69) is 41.9 Å². The van der Waals surface area contributed by atoms with Gasteiger partial charge in [-0.1, -0.05) is 35.7 Å². The van der Waals surface area contributed by atoms with Gasteiger partial charge >= 0.3 is 0 Å². The lowest BCUT2D eigenvalue weighted by Gasteiger charge is -2.19. The second kappa shape index (κ2) is 7.46. The average molecular weight is 340 g/mol. The zero-order valence-electron chi connectivity index (χ0n) is 12.6. The predicted molar refractivity (Wildman–Crippen MR) is 88.3 cm³/mol. The van der Waals surface area contributed by atoms with Gasteiger partial charge in [-0.3, -0.25) is 0 Å². The Morgan fingerprint density at radius 2 is 2.05 bits per heavy atom. The zero-order chi connectivity index (χ0) is 14.5. The Kier molecular flexibility index (Phi) is 5.91. The summed E-state index contributed by atoms with van der Waals surface area (Å²) in [5.41, 5.74) is 8.57. The first-order valence-electron chi connectivity index (χ1n) is 7.77. The Bertz CT molecular complexity index is 441. The third kappa shape index (κ3) is 4.23. The minimum absolute atomic E-state index is 0.206. The fraction of sp³-hybridized carbons (Fsp3) is 0.647. The fourth-order valence-electron chi connectivity index (χ4n) is 2.96. The van der Waals surface area contributed by atoms with Crippen LogP contribution in [0, 0.1) is 12.8 Å². The van der Waals surface area contributed by atoms with Crippen LogP contribution in [0.2, 0.25) is 0 Å². The van der Waals surface area contributed by atoms with Crippen molar-refractivity contribution in [2.75, 3.05) is 6.61 Å². The molecule has 0 amide bonds. The zero-order valence-corrected chi connectivity index (χ0v) is 14.2. The van der Waals surface area contributed by atoms with Crippen molar-refractivity contribution in [3.05, 3.63) is 27.7 Å². The lowest BCUT2D eigenvalue weighted by molar-refractivity contribution is 0.248. The standard InChI is InChI=1S/C17H26BrNO/c1-3-16(19)10-14-9-15(18)8-12(2)17(14)20-11-13-6-4-5-7-13/h8-9,13,16H,3-7,10-11,19H2,1-2H3. The smallest absolute Gasteiger partial charge is 0.125 e. The second-order valence-electron chi connectivity index (χ2n) is 6.04. The Labute approximate surface area is 131 Å². The molecule has 0 radical (unpaired) electrons. The van der Waals surface area contributed by atoms with Crippen LogP contribution in [0.4, 0.5) is 0 Å². The van der Waals surface area contributed by atoms with Gasteiger partial charge in [-0.15, -0.1) is 0 Å². The Morgan fingerprint density at radius 1 is 1.35 bits per heavy atom. The molecule has 0 aliphatic heterocycles. The van der Waals surface area contributed by atoms with Gasteiger partial charge in [0.1, 0.15) is 5.75 Å². The van der Waals surface area contributed by atoms with Crippen LogP contribution in [0.1, 0.15) is 50.2 Å². The number of nitrogens with two attached hydrogens (primary N) is 1. The van der Waals surface area contributed by atoms with Gasteiger partial charge in [-0.05, 0) is 61.8 Å². The van der Waals surface area contributed by atoms with E-state index in [4.69, 9.17) is 10.5 Å². The molecule has 0 saturated heterocycles. The first kappa shape index (κ1) is 15.8. The van der Waals surface area contributed by atoms with Crippen LogP contribution in [0.3, 0.4) is 0 Å². The molecule has 1 fully saturated rings. The summed E-state index contributed by atoms with van der Waals surface area (Å²) in [4.78, 5) is 0. The van der Waals surface area contributed by atoms with E-state index >= 15 is 0 Å². The highest BCUT2D eigenvalue weighted by molar-refractivity contribution is 9.10. The summed E-state index contributed by atoms with van der Waals surface area (Å²) >= 11 is 3.58. The Hall–Kier alpha value is -0.540. The van der Waals surface area contributed by atoms with Gasteiger partial charge in [0.25, 0.3) is 0 Å². The molecule has 2 nitrogen and oxygen atoms in total. The molecule has 0 spiro atoms. The number of hydrogen-bond acceptors (Lipinski definition) is 2. The summed E-state index contributed by atoms with van der Waals surface area (Å²) in [7, 11) is 0. The summed E-state index contributed by atoms with van der Waals surface area (Å²) < 4.78 is 7.29. The monoisotopic (exact) mass is 339 g/mol. The molecule has 20 heavy (non-hydrogen) atoms. The lowest BCUT2D eigenvalue weighted by Crippen LogP contribution is -2.22. The van der Waals surface area contributed by atoms with Gasteiger partial charge in [-0.25, -0.2) is 0 Å². The van der Waals surface area contributed by atoms with E-state index in [-0.39, 0.29) is 6.04 Å². The van der Waals surface area contributed by atoms with Crippen LogP contribution in [0.5, 0.6) is 5.75 Å². The largest absolute Gasteiger partial charge is 0.493 e. The van der Waals surface area contributed by atoms with Crippen LogP contribution in [0.25, 0.3) is 0 Å². The van der Waals surface area contributed by atoms with Crippen molar-refractivity contribution < 1.29 is 4.74 Å². The molecule has 1 atom stereocenters. The molecular formula is C17H26BrNO. The van der Waals surface area contributed by atoms with E-state index in [0.29, 0.717) is 0 Å². The number of rotatable bonds is 6. The summed E-state index contributed by atoms with van der Waals surface area (Å²) in [6.07, 6.45) is 7.24. The maximum atomic E-state index is 6.18. The lowest BCUT2D eigenvalue weighted by atomic mass is 10.0. The van der Waals surface area contributed by atoms with Gasteiger partial charge in [0.2, 0.25) is 0 Å². The van der Waals surface area contributed by atoms with Crippen LogP contribution < -0.4 is 10.5 Å². The van der Waals surface area contributed by atoms with Crippen LogP contribution >= 0.6 is 15.9 Å². The van der Waals surface area contributed by atoms with Gasteiger partial charge in [-0.2, -0.15) is 0 Å². The SMILES string of the molecule is CCC(N)Cc1cc(Br)cc(C)c1OCC1CCCC1. The summed E-state index contributed by atoms with van der Waals surface area (Å²) in [6, 6.07) is 4.50. The van der Waals surface area contributed by atoms with E-state index < -0.39 is 0 Å². The fourth-order valence-corrected chi connectivity index (χ4v) is 3.58. The molecule has 1 aliphatic rings. The molecule has 0 aromatic heterocycles. The van der Waals surface area contributed by atoms with Crippen LogP contribution in [-0.2, 0) is 6.42 Å². The molecule has 1 aliphatic carbocycles. The van der Waals surface area contributed by atoms with Crippen molar-refractivity contribution in [1.29, 1.82) is 0 Å². The minimum atomic E-state index is 0.206. The first-order chi connectivity index (χ1) is 9.60. The van der Waals surface area contributed by atoms with E-state index in [9.17, 15) is 0 Å². The molecule has 1 aromatic carbocycles. The molecule has 1 unspecified atom stereocenters. The third-order valence-corrected chi connectivity index (χ3v) is 4.72. The molecule has 2 N–H and O–H groups in total. The number of ether oxygens (including phenoxy) is 1. The number of aryl methyl sites for hydroxylation is 1. The van der Waals surface area contributed by atoms with Crippen molar-refractivity contribution in [2.45, 2.75) is 58.4 Å². The maximum absolute atomic E-state index is 6.18. The molecule has 112 valence electrons. The van der Waals surface area contributed by atoms with E-state index in [0.717, 1.165) is 35.6 Å². The van der Waals surface area contributed by atoms with Crippen molar-refractivity contribution in [3.8, 4) is 5.75 Å². The van der Waals surface area contributed by atoms with Gasteiger partial charge in [0.15, 0.2) is 0 Å².